The van der Waals surface area contributed by atoms with E-state index in [9.17, 15) is 0 Å². The van der Waals surface area contributed by atoms with Crippen LogP contribution in [0.25, 0.3) is 0 Å². The predicted molar refractivity (Wildman–Crippen MR) is 68.8 cm³/mol. The first kappa shape index (κ1) is 11.6. The zero-order chi connectivity index (χ0) is 11.9. The summed E-state index contributed by atoms with van der Waals surface area (Å²) in [6.07, 6.45) is 4.30. The molecule has 0 atom stereocenters. The Bertz CT molecular complexity index is 440. The van der Waals surface area contributed by atoms with E-state index in [1.165, 1.54) is 5.56 Å². The van der Waals surface area contributed by atoms with E-state index in [4.69, 9.17) is 5.11 Å². The van der Waals surface area contributed by atoms with Crippen LogP contribution in [0, 0.1) is 0 Å². The van der Waals surface area contributed by atoms with Crippen LogP contribution in [0.2, 0.25) is 0 Å². The molecule has 0 saturated carbocycles. The Labute approximate surface area is 101 Å². The number of hydrogen-bond donors (Lipinski definition) is 2. The van der Waals surface area contributed by atoms with Gasteiger partial charge in [0.25, 0.3) is 0 Å². The number of aliphatic hydroxyl groups is 1. The number of rotatable bonds is 5. The molecule has 0 saturated heterocycles. The minimum atomic E-state index is 0.198. The van der Waals surface area contributed by atoms with Crippen molar-refractivity contribution >= 4 is 5.69 Å². The van der Waals surface area contributed by atoms with Crippen LogP contribution in [-0.2, 0) is 13.0 Å². The van der Waals surface area contributed by atoms with Crippen LogP contribution in [0.1, 0.15) is 11.1 Å². The number of aromatic nitrogens is 1. The van der Waals surface area contributed by atoms with Crippen LogP contribution >= 0.6 is 0 Å². The molecule has 0 aliphatic heterocycles. The first-order valence-corrected chi connectivity index (χ1v) is 5.71. The van der Waals surface area contributed by atoms with Crippen molar-refractivity contribution in [3.05, 3.63) is 59.9 Å². The summed E-state index contributed by atoms with van der Waals surface area (Å²) in [5.74, 6) is 0. The molecule has 0 fully saturated rings. The smallest absolute Gasteiger partial charge is 0.0471 e. The monoisotopic (exact) mass is 228 g/mol. The minimum Gasteiger partial charge on any atom is -0.396 e. The lowest BCUT2D eigenvalue weighted by atomic mass is 10.1. The molecule has 2 aromatic rings. The summed E-state index contributed by atoms with van der Waals surface area (Å²) >= 11 is 0. The van der Waals surface area contributed by atoms with Gasteiger partial charge >= 0.3 is 0 Å². The molecule has 0 radical (unpaired) electrons. The molecule has 0 aliphatic rings. The third-order valence-corrected chi connectivity index (χ3v) is 2.60. The molecular weight excluding hydrogens is 212 g/mol. The van der Waals surface area contributed by atoms with Crippen LogP contribution in [0.15, 0.2) is 48.8 Å². The van der Waals surface area contributed by atoms with Crippen molar-refractivity contribution in [2.45, 2.75) is 13.0 Å². The number of anilines is 1. The van der Waals surface area contributed by atoms with Crippen molar-refractivity contribution in [2.75, 3.05) is 11.9 Å². The number of benzene rings is 1. The molecule has 0 amide bonds. The topological polar surface area (TPSA) is 45.1 Å². The summed E-state index contributed by atoms with van der Waals surface area (Å²) in [4.78, 5) is 3.98. The molecule has 0 unspecified atom stereocenters. The summed E-state index contributed by atoms with van der Waals surface area (Å²) in [5.41, 5.74) is 3.45. The molecule has 3 nitrogen and oxygen atoms in total. The molecule has 0 bridgehead atoms. The van der Waals surface area contributed by atoms with E-state index in [2.05, 4.69) is 10.3 Å². The molecule has 1 heterocycles. The fraction of sp³-hybridized carbons (Fsp3) is 0.214. The van der Waals surface area contributed by atoms with Crippen molar-refractivity contribution in [3.63, 3.8) is 0 Å². The van der Waals surface area contributed by atoms with Gasteiger partial charge in [0.1, 0.15) is 0 Å². The van der Waals surface area contributed by atoms with E-state index in [1.54, 1.807) is 12.4 Å². The second-order valence-electron chi connectivity index (χ2n) is 3.88. The molecule has 2 N–H and O–H groups in total. The molecule has 0 aliphatic carbocycles. The van der Waals surface area contributed by atoms with E-state index in [-0.39, 0.29) is 6.61 Å². The van der Waals surface area contributed by atoms with Crippen molar-refractivity contribution in [2.24, 2.45) is 0 Å². The number of aliphatic hydroxyl groups excluding tert-OH is 1. The fourth-order valence-corrected chi connectivity index (χ4v) is 1.62. The van der Waals surface area contributed by atoms with Gasteiger partial charge in [-0.2, -0.15) is 0 Å². The Kier molecular flexibility index (Phi) is 4.11. The average molecular weight is 228 g/mol. The molecule has 88 valence electrons. The highest BCUT2D eigenvalue weighted by atomic mass is 16.2. The lowest BCUT2D eigenvalue weighted by Gasteiger charge is -2.07. The molecular formula is C14H16N2O. The zero-order valence-electron chi connectivity index (χ0n) is 9.63. The zero-order valence-corrected chi connectivity index (χ0v) is 9.63. The summed E-state index contributed by atoms with van der Waals surface area (Å²) in [6.45, 7) is 0.992. The van der Waals surface area contributed by atoms with Crippen LogP contribution in [0.3, 0.4) is 0 Å². The van der Waals surface area contributed by atoms with Gasteiger partial charge in [0, 0.05) is 31.2 Å². The normalized spacial score (nSPS) is 10.2. The molecule has 1 aromatic heterocycles. The maximum Gasteiger partial charge on any atom is 0.0471 e. The highest BCUT2D eigenvalue weighted by Gasteiger charge is 1.95. The second kappa shape index (κ2) is 6.01. The van der Waals surface area contributed by atoms with E-state index in [0.717, 1.165) is 17.8 Å². The van der Waals surface area contributed by atoms with Gasteiger partial charge in [-0.25, -0.2) is 0 Å². The Morgan fingerprint density at radius 3 is 2.29 bits per heavy atom. The highest BCUT2D eigenvalue weighted by molar-refractivity contribution is 5.45. The van der Waals surface area contributed by atoms with Crippen LogP contribution in [-0.4, -0.2) is 16.7 Å². The van der Waals surface area contributed by atoms with Gasteiger partial charge in [0.05, 0.1) is 0 Å². The summed E-state index contributed by atoms with van der Waals surface area (Å²) in [5, 5.41) is 12.2. The van der Waals surface area contributed by atoms with E-state index < -0.39 is 0 Å². The SMILES string of the molecule is OCCc1ccc(NCc2ccncc2)cc1. The third-order valence-electron chi connectivity index (χ3n) is 2.60. The first-order chi connectivity index (χ1) is 8.38. The lowest BCUT2D eigenvalue weighted by molar-refractivity contribution is 0.299. The molecule has 0 spiro atoms. The van der Waals surface area contributed by atoms with Gasteiger partial charge in [0.15, 0.2) is 0 Å². The van der Waals surface area contributed by atoms with Gasteiger partial charge in [0.2, 0.25) is 0 Å². The Hall–Kier alpha value is -1.87. The molecule has 2 rings (SSSR count). The Morgan fingerprint density at radius 1 is 0.941 bits per heavy atom. The van der Waals surface area contributed by atoms with Crippen molar-refractivity contribution in [1.82, 2.24) is 4.98 Å². The fourth-order valence-electron chi connectivity index (χ4n) is 1.62. The standard InChI is InChI=1S/C14H16N2O/c17-10-7-12-1-3-14(4-2-12)16-11-13-5-8-15-9-6-13/h1-6,8-9,16-17H,7,10-11H2. The second-order valence-corrected chi connectivity index (χ2v) is 3.88. The largest absolute Gasteiger partial charge is 0.396 e. The summed E-state index contributed by atoms with van der Waals surface area (Å²) < 4.78 is 0. The van der Waals surface area contributed by atoms with E-state index in [0.29, 0.717) is 6.42 Å². The van der Waals surface area contributed by atoms with Crippen molar-refractivity contribution < 1.29 is 5.11 Å². The molecule has 17 heavy (non-hydrogen) atoms. The quantitative estimate of drug-likeness (QED) is 0.825. The number of nitrogens with one attached hydrogen (secondary N) is 1. The van der Waals surface area contributed by atoms with Gasteiger partial charge in [-0.05, 0) is 41.8 Å². The Morgan fingerprint density at radius 2 is 1.65 bits per heavy atom. The van der Waals surface area contributed by atoms with Crippen molar-refractivity contribution in [1.29, 1.82) is 0 Å². The minimum absolute atomic E-state index is 0.198. The maximum absolute atomic E-state index is 8.82. The first-order valence-electron chi connectivity index (χ1n) is 5.71. The van der Waals surface area contributed by atoms with Crippen LogP contribution in [0.5, 0.6) is 0 Å². The lowest BCUT2D eigenvalue weighted by Crippen LogP contribution is -1.99. The van der Waals surface area contributed by atoms with E-state index in [1.807, 2.05) is 36.4 Å². The van der Waals surface area contributed by atoms with Gasteiger partial charge in [-0.1, -0.05) is 12.1 Å². The Balaban J connectivity index is 1.91. The molecule has 3 heteroatoms. The van der Waals surface area contributed by atoms with Crippen LogP contribution in [0.4, 0.5) is 5.69 Å². The summed E-state index contributed by atoms with van der Waals surface area (Å²) in [7, 11) is 0. The highest BCUT2D eigenvalue weighted by Crippen LogP contribution is 2.11. The average Bonchev–Trinajstić information content (AvgIpc) is 2.40. The van der Waals surface area contributed by atoms with Gasteiger partial charge < -0.3 is 10.4 Å². The third kappa shape index (κ3) is 3.57. The predicted octanol–water partition coefficient (Wildman–Crippen LogP) is 2.23. The molecule has 1 aromatic carbocycles. The van der Waals surface area contributed by atoms with E-state index >= 15 is 0 Å². The van der Waals surface area contributed by atoms with Crippen LogP contribution < -0.4 is 5.32 Å². The van der Waals surface area contributed by atoms with Gasteiger partial charge in [-0.15, -0.1) is 0 Å². The van der Waals surface area contributed by atoms with Crippen molar-refractivity contribution in [3.8, 4) is 0 Å². The summed E-state index contributed by atoms with van der Waals surface area (Å²) in [6, 6.07) is 12.1. The maximum atomic E-state index is 8.82. The number of pyridine rings is 1. The number of hydrogen-bond acceptors (Lipinski definition) is 3. The number of nitrogens with zero attached hydrogens (tertiary/aromatic N) is 1. The van der Waals surface area contributed by atoms with Gasteiger partial charge in [-0.3, -0.25) is 4.98 Å².